The fourth-order valence-electron chi connectivity index (χ4n) is 2.60. The molecule has 108 valence electrons. The Morgan fingerprint density at radius 3 is 2.44 bits per heavy atom. The summed E-state index contributed by atoms with van der Waals surface area (Å²) < 4.78 is 0. The molecule has 0 aromatic heterocycles. The Kier molecular flexibility index (Phi) is 11.2. The molecule has 1 heterocycles. The van der Waals surface area contributed by atoms with Gasteiger partial charge < -0.3 is 14.8 Å². The molecule has 1 aliphatic rings. The molecule has 1 rings (SSSR count). The van der Waals surface area contributed by atoms with Crippen molar-refractivity contribution in [1.82, 2.24) is 0 Å². The van der Waals surface area contributed by atoms with Crippen LogP contribution in [0.2, 0.25) is 0 Å². The molecule has 18 heavy (non-hydrogen) atoms. The van der Waals surface area contributed by atoms with Crippen LogP contribution in [0.1, 0.15) is 65.7 Å². The number of unbranched alkanes of at least 4 members (excludes halogenated alkanes) is 4. The molecule has 1 saturated heterocycles. The number of carboxylic acids is 1. The molecule has 3 heteroatoms. The average Bonchev–Trinajstić information content (AvgIpc) is 2.28. The SMILES string of the molecule is CC(=O)[O-].CCCCCCC[NH+]1CCCC(C)C1. The van der Waals surface area contributed by atoms with Gasteiger partial charge in [0.25, 0.3) is 0 Å². The number of carbonyl (C=O) groups is 1. The minimum atomic E-state index is -1.08. The summed E-state index contributed by atoms with van der Waals surface area (Å²) in [6, 6.07) is 0. The molecule has 0 amide bonds. The predicted molar refractivity (Wildman–Crippen MR) is 73.4 cm³/mol. The van der Waals surface area contributed by atoms with Crippen molar-refractivity contribution in [2.45, 2.75) is 65.7 Å². The first-order valence-electron chi connectivity index (χ1n) is 7.57. The number of carbonyl (C=O) groups excluding carboxylic acids is 1. The van der Waals surface area contributed by atoms with Gasteiger partial charge in [-0.25, -0.2) is 0 Å². The van der Waals surface area contributed by atoms with Gasteiger partial charge in [-0.15, -0.1) is 0 Å². The maximum absolute atomic E-state index is 8.89. The number of hydrogen-bond acceptors (Lipinski definition) is 2. The van der Waals surface area contributed by atoms with Crippen LogP contribution in [-0.2, 0) is 4.79 Å². The lowest BCUT2D eigenvalue weighted by Gasteiger charge is -2.27. The molecule has 2 unspecified atom stereocenters. The maximum Gasteiger partial charge on any atom is 0.0796 e. The zero-order chi connectivity index (χ0) is 13.8. The molecule has 0 aromatic carbocycles. The van der Waals surface area contributed by atoms with Gasteiger partial charge in [-0.05, 0) is 32.6 Å². The number of nitrogens with one attached hydrogen (secondary N) is 1. The summed E-state index contributed by atoms with van der Waals surface area (Å²) in [6.07, 6.45) is 10.1. The summed E-state index contributed by atoms with van der Waals surface area (Å²) in [5.74, 6) is -0.102. The molecule has 0 bridgehead atoms. The summed E-state index contributed by atoms with van der Waals surface area (Å²) in [4.78, 5) is 10.8. The second kappa shape index (κ2) is 11.5. The van der Waals surface area contributed by atoms with Crippen molar-refractivity contribution in [2.24, 2.45) is 5.92 Å². The monoisotopic (exact) mass is 257 g/mol. The topological polar surface area (TPSA) is 44.6 Å². The fourth-order valence-corrected chi connectivity index (χ4v) is 2.60. The summed E-state index contributed by atoms with van der Waals surface area (Å²) in [6.45, 7) is 9.99. The lowest BCUT2D eigenvalue weighted by atomic mass is 10.00. The van der Waals surface area contributed by atoms with Crippen LogP contribution < -0.4 is 10.0 Å². The van der Waals surface area contributed by atoms with E-state index in [0.29, 0.717) is 0 Å². The minimum absolute atomic E-state index is 0.972. The number of rotatable bonds is 6. The maximum atomic E-state index is 8.89. The molecule has 2 atom stereocenters. The Morgan fingerprint density at radius 2 is 1.89 bits per heavy atom. The van der Waals surface area contributed by atoms with E-state index in [2.05, 4.69) is 13.8 Å². The third-order valence-electron chi connectivity index (χ3n) is 3.50. The van der Waals surface area contributed by atoms with Gasteiger partial charge in [0.2, 0.25) is 0 Å². The van der Waals surface area contributed by atoms with Gasteiger partial charge in [-0.3, -0.25) is 0 Å². The van der Waals surface area contributed by atoms with Gasteiger partial charge in [0.1, 0.15) is 0 Å². The number of carboxylic acid groups (broad SMARTS) is 1. The predicted octanol–water partition coefficient (Wildman–Crippen LogP) is 1.03. The number of hydrogen-bond donors (Lipinski definition) is 1. The Bertz CT molecular complexity index is 203. The Balaban J connectivity index is 0.000000631. The number of likely N-dealkylation sites (tertiary alicyclic amines) is 1. The molecule has 1 aliphatic heterocycles. The van der Waals surface area contributed by atoms with E-state index >= 15 is 0 Å². The summed E-state index contributed by atoms with van der Waals surface area (Å²) in [7, 11) is 0. The van der Waals surface area contributed by atoms with Gasteiger partial charge in [0.15, 0.2) is 0 Å². The van der Waals surface area contributed by atoms with E-state index in [1.807, 2.05) is 4.90 Å². The molecule has 0 aromatic rings. The minimum Gasteiger partial charge on any atom is -0.550 e. The van der Waals surface area contributed by atoms with Gasteiger partial charge in [0.05, 0.1) is 19.6 Å². The molecule has 1 fully saturated rings. The van der Waals surface area contributed by atoms with E-state index in [1.165, 1.54) is 64.6 Å². The molecule has 3 nitrogen and oxygen atoms in total. The van der Waals surface area contributed by atoms with E-state index in [4.69, 9.17) is 9.90 Å². The van der Waals surface area contributed by atoms with E-state index in [9.17, 15) is 0 Å². The molecular weight excluding hydrogens is 226 g/mol. The molecule has 0 radical (unpaired) electrons. The van der Waals surface area contributed by atoms with Crippen molar-refractivity contribution in [3.05, 3.63) is 0 Å². The molecule has 0 aliphatic carbocycles. The Labute approximate surface area is 113 Å². The van der Waals surface area contributed by atoms with Crippen molar-refractivity contribution < 1.29 is 14.8 Å². The summed E-state index contributed by atoms with van der Waals surface area (Å²) in [5, 5.41) is 8.89. The zero-order valence-electron chi connectivity index (χ0n) is 12.5. The zero-order valence-corrected chi connectivity index (χ0v) is 12.5. The van der Waals surface area contributed by atoms with Gasteiger partial charge in [-0.2, -0.15) is 0 Å². The largest absolute Gasteiger partial charge is 0.550 e. The fraction of sp³-hybridized carbons (Fsp3) is 0.933. The molecule has 1 N–H and O–H groups in total. The highest BCUT2D eigenvalue weighted by Gasteiger charge is 2.18. The quantitative estimate of drug-likeness (QED) is 0.722. The summed E-state index contributed by atoms with van der Waals surface area (Å²) in [5.41, 5.74) is 0. The number of aliphatic carboxylic acids is 1. The number of quaternary nitrogens is 1. The van der Waals surface area contributed by atoms with E-state index in [1.54, 1.807) is 0 Å². The second-order valence-electron chi connectivity index (χ2n) is 5.61. The van der Waals surface area contributed by atoms with Crippen molar-refractivity contribution in [2.75, 3.05) is 19.6 Å². The van der Waals surface area contributed by atoms with Crippen LogP contribution in [0, 0.1) is 5.92 Å². The molecule has 0 spiro atoms. The molecular formula is C15H31NO2. The highest BCUT2D eigenvalue weighted by atomic mass is 16.4. The third-order valence-corrected chi connectivity index (χ3v) is 3.50. The number of piperidine rings is 1. The van der Waals surface area contributed by atoms with Crippen LogP contribution in [0.5, 0.6) is 0 Å². The van der Waals surface area contributed by atoms with Gasteiger partial charge >= 0.3 is 0 Å². The highest BCUT2D eigenvalue weighted by Crippen LogP contribution is 2.05. The smallest absolute Gasteiger partial charge is 0.0796 e. The molecule has 0 saturated carbocycles. The Hall–Kier alpha value is -0.570. The highest BCUT2D eigenvalue weighted by molar-refractivity contribution is 5.60. The summed E-state index contributed by atoms with van der Waals surface area (Å²) >= 11 is 0. The lowest BCUT2D eigenvalue weighted by Crippen LogP contribution is -3.13. The van der Waals surface area contributed by atoms with Gasteiger partial charge in [0, 0.05) is 11.9 Å². The van der Waals surface area contributed by atoms with Crippen LogP contribution >= 0.6 is 0 Å². The standard InChI is InChI=1S/C13H27N.C2H4O2/c1-3-4-5-6-7-10-14-11-8-9-13(2)12-14;1-2(3)4/h13H,3-12H2,1-2H3;1H3,(H,3,4). The Morgan fingerprint density at radius 1 is 1.28 bits per heavy atom. The lowest BCUT2D eigenvalue weighted by molar-refractivity contribution is -0.908. The van der Waals surface area contributed by atoms with Gasteiger partial charge in [-0.1, -0.05) is 33.1 Å². The first kappa shape index (κ1) is 17.4. The average molecular weight is 257 g/mol. The van der Waals surface area contributed by atoms with Crippen LogP contribution in [0.4, 0.5) is 0 Å². The van der Waals surface area contributed by atoms with Crippen molar-refractivity contribution >= 4 is 5.97 Å². The van der Waals surface area contributed by atoms with Crippen LogP contribution in [0.15, 0.2) is 0 Å². The van der Waals surface area contributed by atoms with E-state index in [0.717, 1.165) is 12.8 Å². The van der Waals surface area contributed by atoms with Crippen molar-refractivity contribution in [1.29, 1.82) is 0 Å². The van der Waals surface area contributed by atoms with E-state index in [-0.39, 0.29) is 0 Å². The normalized spacial score (nSPS) is 23.1. The van der Waals surface area contributed by atoms with Crippen LogP contribution in [0.3, 0.4) is 0 Å². The van der Waals surface area contributed by atoms with Crippen molar-refractivity contribution in [3.8, 4) is 0 Å². The third kappa shape index (κ3) is 11.9. The first-order chi connectivity index (χ1) is 8.56. The van der Waals surface area contributed by atoms with E-state index < -0.39 is 5.97 Å². The van der Waals surface area contributed by atoms with Crippen LogP contribution in [-0.4, -0.2) is 25.6 Å². The first-order valence-corrected chi connectivity index (χ1v) is 7.57. The van der Waals surface area contributed by atoms with Crippen LogP contribution in [0.25, 0.3) is 0 Å². The van der Waals surface area contributed by atoms with Crippen molar-refractivity contribution in [3.63, 3.8) is 0 Å². The second-order valence-corrected chi connectivity index (χ2v) is 5.61.